The zero-order valence-electron chi connectivity index (χ0n) is 22.2. The summed E-state index contributed by atoms with van der Waals surface area (Å²) in [4.78, 5) is 24.8. The summed E-state index contributed by atoms with van der Waals surface area (Å²) in [5.74, 6) is 0.770. The number of hydrogen-bond donors (Lipinski definition) is 0. The van der Waals surface area contributed by atoms with Crippen LogP contribution in [0.2, 0.25) is 0 Å². The number of benzene rings is 2. The third kappa shape index (κ3) is 4.99. The summed E-state index contributed by atoms with van der Waals surface area (Å²) in [5, 5.41) is 0. The first kappa shape index (κ1) is 25.4. The Bertz CT molecular complexity index is 1330. The summed E-state index contributed by atoms with van der Waals surface area (Å²) in [7, 11) is 1.45. The molecule has 188 valence electrons. The Hall–Kier alpha value is -3.67. The average molecular weight is 485 g/mol. The molecule has 6 nitrogen and oxygen atoms in total. The molecule has 2 unspecified atom stereocenters. The van der Waals surface area contributed by atoms with E-state index < -0.39 is 6.04 Å². The average Bonchev–Trinajstić information content (AvgIpc) is 3.25. The Morgan fingerprint density at radius 2 is 1.72 bits per heavy atom. The molecule has 6 heteroatoms. The highest BCUT2D eigenvalue weighted by atomic mass is 16.5. The first-order valence-corrected chi connectivity index (χ1v) is 12.7. The third-order valence-electron chi connectivity index (χ3n) is 6.88. The van der Waals surface area contributed by atoms with Gasteiger partial charge in [0.1, 0.15) is 11.3 Å². The van der Waals surface area contributed by atoms with E-state index in [1.54, 1.807) is 0 Å². The molecule has 0 radical (unpaired) electrons. The van der Waals surface area contributed by atoms with E-state index in [4.69, 9.17) is 14.7 Å². The summed E-state index contributed by atoms with van der Waals surface area (Å²) in [5.41, 5.74) is 7.13. The Labute approximate surface area is 213 Å². The Morgan fingerprint density at radius 1 is 1.03 bits per heavy atom. The number of fused-ring (bicyclic) bond motifs is 1. The molecule has 2 aromatic carbocycles. The zero-order valence-corrected chi connectivity index (χ0v) is 22.2. The van der Waals surface area contributed by atoms with Gasteiger partial charge in [-0.25, -0.2) is 14.8 Å². The fraction of sp³-hybridized carbons (Fsp3) is 0.367. The molecular weight excluding hydrogens is 448 g/mol. The van der Waals surface area contributed by atoms with E-state index in [2.05, 4.69) is 67.5 Å². The highest BCUT2D eigenvalue weighted by molar-refractivity contribution is 5.82. The zero-order chi connectivity index (χ0) is 25.8. The molecule has 0 saturated carbocycles. The van der Waals surface area contributed by atoms with Gasteiger partial charge < -0.3 is 14.2 Å². The normalized spacial score (nSPS) is 12.9. The largest absolute Gasteiger partial charge is 0.467 e. The molecule has 2 heterocycles. The minimum absolute atomic E-state index is 0.139. The predicted octanol–water partition coefficient (Wildman–Crippen LogP) is 6.18. The lowest BCUT2D eigenvalue weighted by Crippen LogP contribution is -2.41. The number of ether oxygens (including phenoxy) is 1. The van der Waals surface area contributed by atoms with Crippen LogP contribution in [-0.4, -0.2) is 33.7 Å². The highest BCUT2D eigenvalue weighted by Crippen LogP contribution is 2.32. The minimum atomic E-state index is -0.517. The smallest absolute Gasteiger partial charge is 0.333 e. The van der Waals surface area contributed by atoms with Crippen molar-refractivity contribution in [2.24, 2.45) is 0 Å². The van der Waals surface area contributed by atoms with Crippen molar-refractivity contribution in [1.82, 2.24) is 14.5 Å². The molecule has 4 aromatic rings. The number of imidazole rings is 1. The number of esters is 1. The van der Waals surface area contributed by atoms with Gasteiger partial charge in [0.15, 0.2) is 11.7 Å². The van der Waals surface area contributed by atoms with E-state index in [0.717, 1.165) is 57.9 Å². The van der Waals surface area contributed by atoms with Gasteiger partial charge in [-0.15, -0.1) is 0 Å². The second kappa shape index (κ2) is 10.9. The van der Waals surface area contributed by atoms with Crippen LogP contribution in [0.15, 0.2) is 60.7 Å². The first-order chi connectivity index (χ1) is 17.4. The molecule has 0 N–H and O–H groups in total. The van der Waals surface area contributed by atoms with Crippen molar-refractivity contribution in [1.29, 1.82) is 0 Å². The molecule has 2 atom stereocenters. The highest BCUT2D eigenvalue weighted by Gasteiger charge is 2.31. The van der Waals surface area contributed by atoms with E-state index in [-0.39, 0.29) is 12.0 Å². The van der Waals surface area contributed by atoms with E-state index in [1.807, 2.05) is 37.3 Å². The van der Waals surface area contributed by atoms with Crippen molar-refractivity contribution >= 4 is 22.8 Å². The molecule has 2 aromatic heterocycles. The number of nitrogens with zero attached hydrogens (tertiary/aromatic N) is 4. The van der Waals surface area contributed by atoms with Crippen molar-refractivity contribution in [2.75, 3.05) is 12.0 Å². The molecule has 0 fully saturated rings. The van der Waals surface area contributed by atoms with Crippen LogP contribution in [0.4, 0.5) is 5.69 Å². The maximum atomic E-state index is 13.0. The van der Waals surface area contributed by atoms with E-state index in [1.165, 1.54) is 7.11 Å². The first-order valence-electron chi connectivity index (χ1n) is 12.7. The molecule has 0 saturated heterocycles. The summed E-state index contributed by atoms with van der Waals surface area (Å²) in [6, 6.07) is 20.0. The topological polar surface area (TPSA) is 60.2 Å². The predicted molar refractivity (Wildman–Crippen MR) is 145 cm³/mol. The van der Waals surface area contributed by atoms with Crippen LogP contribution < -0.4 is 4.90 Å². The standard InChI is InChI=1S/C30H36N4O2/c1-7-22(5)34(28(30(35)36-6)24-12-10-9-11-13-24)25-16-14-23(15-17-25)19-33-26(8-2)32-27-20(3)18-21(4)31-29(27)33/h9-18,22,28H,7-8,19H2,1-6H3. The second-order valence-corrected chi connectivity index (χ2v) is 9.39. The Morgan fingerprint density at radius 3 is 2.33 bits per heavy atom. The maximum absolute atomic E-state index is 13.0. The van der Waals surface area contributed by atoms with Crippen molar-refractivity contribution < 1.29 is 9.53 Å². The lowest BCUT2D eigenvalue weighted by molar-refractivity contribution is -0.142. The number of anilines is 1. The number of aryl methyl sites for hydroxylation is 3. The fourth-order valence-electron chi connectivity index (χ4n) is 4.85. The van der Waals surface area contributed by atoms with Gasteiger partial charge in [-0.3, -0.25) is 0 Å². The van der Waals surface area contributed by atoms with Crippen LogP contribution in [0.1, 0.15) is 61.4 Å². The number of hydrogen-bond acceptors (Lipinski definition) is 5. The van der Waals surface area contributed by atoms with Gasteiger partial charge in [0, 0.05) is 23.8 Å². The second-order valence-electron chi connectivity index (χ2n) is 9.39. The van der Waals surface area contributed by atoms with Crippen molar-refractivity contribution in [3.8, 4) is 0 Å². The van der Waals surface area contributed by atoms with Crippen molar-refractivity contribution in [2.45, 2.75) is 66.1 Å². The molecule has 0 amide bonds. The number of pyridine rings is 1. The number of rotatable bonds is 9. The number of carbonyl (C=O) groups is 1. The van der Waals surface area contributed by atoms with Crippen molar-refractivity contribution in [3.63, 3.8) is 0 Å². The van der Waals surface area contributed by atoms with Gasteiger partial charge in [0.25, 0.3) is 0 Å². The van der Waals surface area contributed by atoms with Gasteiger partial charge in [-0.05, 0) is 62.1 Å². The van der Waals surface area contributed by atoms with Crippen LogP contribution in [0.25, 0.3) is 11.2 Å². The Kier molecular flexibility index (Phi) is 7.73. The molecule has 4 rings (SSSR count). The van der Waals surface area contributed by atoms with E-state index in [9.17, 15) is 4.79 Å². The van der Waals surface area contributed by atoms with Crippen LogP contribution in [0, 0.1) is 13.8 Å². The SMILES string of the molecule is CCc1nc2c(C)cc(C)nc2n1Cc1ccc(N(C(C)CC)C(C(=O)OC)c2ccccc2)cc1. The number of aromatic nitrogens is 3. The minimum Gasteiger partial charge on any atom is -0.467 e. The lowest BCUT2D eigenvalue weighted by atomic mass is 10.0. The molecule has 0 aliphatic carbocycles. The third-order valence-corrected chi connectivity index (χ3v) is 6.88. The molecular formula is C30H36N4O2. The van der Waals surface area contributed by atoms with Crippen LogP contribution in [0.5, 0.6) is 0 Å². The van der Waals surface area contributed by atoms with Gasteiger partial charge in [0.2, 0.25) is 0 Å². The maximum Gasteiger partial charge on any atom is 0.333 e. The molecule has 0 spiro atoms. The summed E-state index contributed by atoms with van der Waals surface area (Å²) < 4.78 is 7.47. The van der Waals surface area contributed by atoms with Gasteiger partial charge >= 0.3 is 5.97 Å². The molecule has 0 aliphatic heterocycles. The van der Waals surface area contributed by atoms with Crippen LogP contribution in [0.3, 0.4) is 0 Å². The molecule has 0 bridgehead atoms. The van der Waals surface area contributed by atoms with Crippen LogP contribution in [-0.2, 0) is 22.5 Å². The number of methoxy groups -OCH3 is 1. The summed E-state index contributed by atoms with van der Waals surface area (Å²) >= 11 is 0. The van der Waals surface area contributed by atoms with E-state index >= 15 is 0 Å². The molecule has 36 heavy (non-hydrogen) atoms. The quantitative estimate of drug-likeness (QED) is 0.266. The van der Waals surface area contributed by atoms with Gasteiger partial charge in [-0.1, -0.05) is 56.3 Å². The van der Waals surface area contributed by atoms with Gasteiger partial charge in [0.05, 0.1) is 13.7 Å². The van der Waals surface area contributed by atoms with E-state index in [0.29, 0.717) is 6.54 Å². The number of carbonyl (C=O) groups excluding carboxylic acids is 1. The van der Waals surface area contributed by atoms with Crippen LogP contribution >= 0.6 is 0 Å². The van der Waals surface area contributed by atoms with Gasteiger partial charge in [-0.2, -0.15) is 0 Å². The lowest BCUT2D eigenvalue weighted by Gasteiger charge is -2.37. The summed E-state index contributed by atoms with van der Waals surface area (Å²) in [6.45, 7) is 11.2. The fourth-order valence-corrected chi connectivity index (χ4v) is 4.85. The molecule has 0 aliphatic rings. The monoisotopic (exact) mass is 484 g/mol. The Balaban J connectivity index is 1.71. The van der Waals surface area contributed by atoms with Crippen molar-refractivity contribution in [3.05, 3.63) is 88.9 Å². The summed E-state index contributed by atoms with van der Waals surface area (Å²) in [6.07, 6.45) is 1.74.